The molecule has 0 saturated heterocycles. The van der Waals surface area contributed by atoms with E-state index in [1.165, 1.54) is 0 Å². The molecular weight excluding hydrogens is 178 g/mol. The molecule has 1 rings (SSSR count). The number of methoxy groups -OCH3 is 1. The van der Waals surface area contributed by atoms with E-state index in [-0.39, 0.29) is 0 Å². The molecule has 1 unspecified atom stereocenters. The summed E-state index contributed by atoms with van der Waals surface area (Å²) in [5, 5.41) is 4.24. The van der Waals surface area contributed by atoms with Gasteiger partial charge in [0.15, 0.2) is 0 Å². The van der Waals surface area contributed by atoms with Gasteiger partial charge in [-0.1, -0.05) is 6.92 Å². The van der Waals surface area contributed by atoms with Crippen LogP contribution < -0.4 is 5.73 Å². The van der Waals surface area contributed by atoms with Crippen molar-refractivity contribution in [2.75, 3.05) is 13.7 Å². The summed E-state index contributed by atoms with van der Waals surface area (Å²) in [4.78, 5) is 0. The molecule has 4 nitrogen and oxygen atoms in total. The summed E-state index contributed by atoms with van der Waals surface area (Å²) in [5.74, 6) is 0. The smallest absolute Gasteiger partial charge is 0.0682 e. The summed E-state index contributed by atoms with van der Waals surface area (Å²) in [5.41, 5.74) is 6.66. The lowest BCUT2D eigenvalue weighted by Crippen LogP contribution is -2.37. The topological polar surface area (TPSA) is 53.1 Å². The van der Waals surface area contributed by atoms with E-state index in [0.717, 1.165) is 18.5 Å². The second-order valence-corrected chi connectivity index (χ2v) is 3.84. The highest BCUT2D eigenvalue weighted by atomic mass is 16.5. The van der Waals surface area contributed by atoms with Crippen molar-refractivity contribution in [3.05, 3.63) is 18.0 Å². The van der Waals surface area contributed by atoms with E-state index >= 15 is 0 Å². The van der Waals surface area contributed by atoms with E-state index in [1.807, 2.05) is 24.0 Å². The second kappa shape index (κ2) is 4.57. The third-order valence-electron chi connectivity index (χ3n) is 2.19. The lowest BCUT2D eigenvalue weighted by Gasteiger charge is -2.21. The maximum Gasteiger partial charge on any atom is 0.0682 e. The Bertz CT molecular complexity index is 281. The van der Waals surface area contributed by atoms with Gasteiger partial charge in [0.05, 0.1) is 18.3 Å². The average molecular weight is 197 g/mol. The number of rotatable bonds is 5. The maximum absolute atomic E-state index is 6.08. The van der Waals surface area contributed by atoms with Gasteiger partial charge in [0, 0.05) is 25.4 Å². The SMILES string of the molecule is CCCn1cc(C(C)(N)COC)cn1. The fourth-order valence-corrected chi connectivity index (χ4v) is 1.39. The van der Waals surface area contributed by atoms with Crippen LogP contribution in [0.4, 0.5) is 0 Å². The van der Waals surface area contributed by atoms with E-state index in [1.54, 1.807) is 7.11 Å². The summed E-state index contributed by atoms with van der Waals surface area (Å²) < 4.78 is 6.98. The normalized spacial score (nSPS) is 15.4. The van der Waals surface area contributed by atoms with Gasteiger partial charge in [-0.15, -0.1) is 0 Å². The van der Waals surface area contributed by atoms with Crippen molar-refractivity contribution in [3.63, 3.8) is 0 Å². The zero-order chi connectivity index (χ0) is 10.6. The van der Waals surface area contributed by atoms with Crippen molar-refractivity contribution in [2.45, 2.75) is 32.4 Å². The molecule has 0 aliphatic heterocycles. The van der Waals surface area contributed by atoms with Gasteiger partial charge in [0.2, 0.25) is 0 Å². The third kappa shape index (κ3) is 2.56. The first-order valence-electron chi connectivity index (χ1n) is 4.91. The lowest BCUT2D eigenvalue weighted by molar-refractivity contribution is 0.141. The Morgan fingerprint density at radius 1 is 1.64 bits per heavy atom. The molecule has 80 valence electrons. The number of aryl methyl sites for hydroxylation is 1. The van der Waals surface area contributed by atoms with E-state index in [0.29, 0.717) is 6.61 Å². The largest absolute Gasteiger partial charge is 0.382 e. The van der Waals surface area contributed by atoms with Crippen LogP contribution in [0.2, 0.25) is 0 Å². The molecule has 1 heterocycles. The number of hydrogen-bond acceptors (Lipinski definition) is 3. The molecular formula is C10H19N3O. The van der Waals surface area contributed by atoms with E-state index in [2.05, 4.69) is 12.0 Å². The Morgan fingerprint density at radius 2 is 2.36 bits per heavy atom. The summed E-state index contributed by atoms with van der Waals surface area (Å²) >= 11 is 0. The molecule has 14 heavy (non-hydrogen) atoms. The molecule has 1 aromatic heterocycles. The molecule has 0 spiro atoms. The first-order chi connectivity index (χ1) is 6.60. The Labute approximate surface area is 85.0 Å². The highest BCUT2D eigenvalue weighted by Gasteiger charge is 2.22. The molecule has 1 aromatic rings. The van der Waals surface area contributed by atoms with Crippen molar-refractivity contribution in [3.8, 4) is 0 Å². The molecule has 0 saturated carbocycles. The van der Waals surface area contributed by atoms with E-state index in [9.17, 15) is 0 Å². The predicted molar refractivity (Wildman–Crippen MR) is 55.9 cm³/mol. The lowest BCUT2D eigenvalue weighted by atomic mass is 9.98. The Kier molecular flexibility index (Phi) is 3.66. The standard InChI is InChI=1S/C10H19N3O/c1-4-5-13-7-9(6-12-13)10(2,11)8-14-3/h6-7H,4-5,8,11H2,1-3H3. The highest BCUT2D eigenvalue weighted by molar-refractivity contribution is 5.16. The molecule has 0 fully saturated rings. The Balaban J connectivity index is 2.74. The molecule has 0 bridgehead atoms. The molecule has 0 radical (unpaired) electrons. The van der Waals surface area contributed by atoms with Gasteiger partial charge in [-0.05, 0) is 13.3 Å². The Hall–Kier alpha value is -0.870. The third-order valence-corrected chi connectivity index (χ3v) is 2.19. The van der Waals surface area contributed by atoms with Crippen molar-refractivity contribution in [1.29, 1.82) is 0 Å². The zero-order valence-electron chi connectivity index (χ0n) is 9.16. The number of aromatic nitrogens is 2. The molecule has 0 amide bonds. The highest BCUT2D eigenvalue weighted by Crippen LogP contribution is 2.16. The molecule has 2 N–H and O–H groups in total. The van der Waals surface area contributed by atoms with Crippen LogP contribution in [0.3, 0.4) is 0 Å². The van der Waals surface area contributed by atoms with Crippen LogP contribution in [0.1, 0.15) is 25.8 Å². The summed E-state index contributed by atoms with van der Waals surface area (Å²) in [7, 11) is 1.65. The fourth-order valence-electron chi connectivity index (χ4n) is 1.39. The predicted octanol–water partition coefficient (Wildman–Crippen LogP) is 1.11. The molecule has 0 aliphatic rings. The van der Waals surface area contributed by atoms with Crippen molar-refractivity contribution < 1.29 is 4.74 Å². The van der Waals surface area contributed by atoms with Gasteiger partial charge in [-0.2, -0.15) is 5.10 Å². The number of ether oxygens (including phenoxy) is 1. The van der Waals surface area contributed by atoms with Crippen LogP contribution in [-0.4, -0.2) is 23.5 Å². The minimum absolute atomic E-state index is 0.444. The quantitative estimate of drug-likeness (QED) is 0.769. The van der Waals surface area contributed by atoms with Crippen LogP contribution in [-0.2, 0) is 16.8 Å². The average Bonchev–Trinajstić information content (AvgIpc) is 2.54. The van der Waals surface area contributed by atoms with Crippen LogP contribution in [0.5, 0.6) is 0 Å². The Morgan fingerprint density at radius 3 is 2.93 bits per heavy atom. The minimum atomic E-state index is -0.444. The van der Waals surface area contributed by atoms with Gasteiger partial charge in [-0.3, -0.25) is 4.68 Å². The van der Waals surface area contributed by atoms with Crippen molar-refractivity contribution >= 4 is 0 Å². The zero-order valence-corrected chi connectivity index (χ0v) is 9.16. The van der Waals surface area contributed by atoms with E-state index in [4.69, 9.17) is 10.5 Å². The molecule has 0 aliphatic carbocycles. The molecule has 1 atom stereocenters. The summed E-state index contributed by atoms with van der Waals surface area (Å²) in [6.45, 7) is 5.51. The number of hydrogen-bond donors (Lipinski definition) is 1. The van der Waals surface area contributed by atoms with Crippen LogP contribution >= 0.6 is 0 Å². The van der Waals surface area contributed by atoms with Crippen molar-refractivity contribution in [1.82, 2.24) is 9.78 Å². The van der Waals surface area contributed by atoms with E-state index < -0.39 is 5.54 Å². The first-order valence-corrected chi connectivity index (χ1v) is 4.91. The molecule has 0 aromatic carbocycles. The van der Waals surface area contributed by atoms with Gasteiger partial charge >= 0.3 is 0 Å². The van der Waals surface area contributed by atoms with Gasteiger partial charge < -0.3 is 10.5 Å². The monoisotopic (exact) mass is 197 g/mol. The number of nitrogens with zero attached hydrogens (tertiary/aromatic N) is 2. The minimum Gasteiger partial charge on any atom is -0.382 e. The summed E-state index contributed by atoms with van der Waals surface area (Å²) in [6.07, 6.45) is 4.88. The van der Waals surface area contributed by atoms with Gasteiger partial charge in [-0.25, -0.2) is 0 Å². The van der Waals surface area contributed by atoms with Crippen molar-refractivity contribution in [2.24, 2.45) is 5.73 Å². The van der Waals surface area contributed by atoms with Crippen LogP contribution in [0.25, 0.3) is 0 Å². The second-order valence-electron chi connectivity index (χ2n) is 3.84. The van der Waals surface area contributed by atoms with Crippen LogP contribution in [0, 0.1) is 0 Å². The van der Waals surface area contributed by atoms with Crippen LogP contribution in [0.15, 0.2) is 12.4 Å². The first kappa shape index (κ1) is 11.2. The number of nitrogens with two attached hydrogens (primary N) is 1. The summed E-state index contributed by atoms with van der Waals surface area (Å²) in [6, 6.07) is 0. The maximum atomic E-state index is 6.08. The fraction of sp³-hybridized carbons (Fsp3) is 0.700. The van der Waals surface area contributed by atoms with Gasteiger partial charge in [0.1, 0.15) is 0 Å². The van der Waals surface area contributed by atoms with Gasteiger partial charge in [0.25, 0.3) is 0 Å². The molecule has 4 heteroatoms.